The standard InChI is InChI=1S/C24H28N4O2/c1-30-21-12-10-19(11-13-21)22(27-14-6-3-7-15-27)17-26-24(29)23-16-25-18-28(23)20-8-4-2-5-9-20/h2,4-5,8-13,16,18,22H,3,6-7,14-15,17H2,1H3,(H,26,29)/t22-/m0/s1. The molecule has 3 aromatic rings. The molecule has 2 heterocycles. The zero-order valence-electron chi connectivity index (χ0n) is 17.3. The third-order valence-electron chi connectivity index (χ3n) is 5.69. The summed E-state index contributed by atoms with van der Waals surface area (Å²) in [4.78, 5) is 19.7. The van der Waals surface area contributed by atoms with Gasteiger partial charge in [0.15, 0.2) is 0 Å². The Morgan fingerprint density at radius 3 is 2.50 bits per heavy atom. The Bertz CT molecular complexity index is 947. The molecule has 1 aliphatic rings. The second-order valence-electron chi connectivity index (χ2n) is 7.58. The Labute approximate surface area is 177 Å². The summed E-state index contributed by atoms with van der Waals surface area (Å²) in [6.07, 6.45) is 6.96. The predicted octanol–water partition coefficient (Wildman–Crippen LogP) is 3.84. The molecule has 1 fully saturated rings. The van der Waals surface area contributed by atoms with Gasteiger partial charge in [-0.3, -0.25) is 14.3 Å². The normalized spacial score (nSPS) is 15.5. The maximum atomic E-state index is 13.0. The summed E-state index contributed by atoms with van der Waals surface area (Å²) >= 11 is 0. The number of aromatic nitrogens is 2. The molecule has 0 radical (unpaired) electrons. The highest BCUT2D eigenvalue weighted by molar-refractivity contribution is 5.93. The molecule has 0 bridgehead atoms. The summed E-state index contributed by atoms with van der Waals surface area (Å²) in [5, 5.41) is 3.15. The molecule has 0 aliphatic carbocycles. The number of nitrogens with one attached hydrogen (secondary N) is 1. The lowest BCUT2D eigenvalue weighted by Gasteiger charge is -2.35. The molecule has 0 saturated carbocycles. The van der Waals surface area contributed by atoms with E-state index >= 15 is 0 Å². The van der Waals surface area contributed by atoms with Gasteiger partial charge in [0, 0.05) is 12.2 Å². The number of amides is 1. The smallest absolute Gasteiger partial charge is 0.269 e. The van der Waals surface area contributed by atoms with Crippen molar-refractivity contribution < 1.29 is 9.53 Å². The van der Waals surface area contributed by atoms with E-state index in [2.05, 4.69) is 27.3 Å². The molecule has 2 aromatic carbocycles. The van der Waals surface area contributed by atoms with Crippen LogP contribution in [-0.2, 0) is 0 Å². The van der Waals surface area contributed by atoms with Crippen molar-refractivity contribution >= 4 is 5.91 Å². The van der Waals surface area contributed by atoms with Crippen LogP contribution in [0.2, 0.25) is 0 Å². The van der Waals surface area contributed by atoms with E-state index in [0.29, 0.717) is 12.2 Å². The second kappa shape index (κ2) is 9.59. The van der Waals surface area contributed by atoms with E-state index < -0.39 is 0 Å². The zero-order valence-corrected chi connectivity index (χ0v) is 17.3. The van der Waals surface area contributed by atoms with Gasteiger partial charge in [-0.2, -0.15) is 0 Å². The number of carbonyl (C=O) groups is 1. The Balaban J connectivity index is 1.51. The molecule has 1 aromatic heterocycles. The lowest BCUT2D eigenvalue weighted by atomic mass is 10.0. The van der Waals surface area contributed by atoms with Crippen LogP contribution in [-0.4, -0.2) is 47.1 Å². The number of para-hydroxylation sites is 1. The summed E-state index contributed by atoms with van der Waals surface area (Å²) in [6.45, 7) is 2.65. The number of methoxy groups -OCH3 is 1. The van der Waals surface area contributed by atoms with Crippen LogP contribution in [0.3, 0.4) is 0 Å². The monoisotopic (exact) mass is 404 g/mol. The minimum atomic E-state index is -0.119. The van der Waals surface area contributed by atoms with Crippen molar-refractivity contribution in [3.63, 3.8) is 0 Å². The Hall–Kier alpha value is -3.12. The number of imidazole rings is 1. The number of carbonyl (C=O) groups excluding carboxylic acids is 1. The number of ether oxygens (including phenoxy) is 1. The molecule has 1 amide bonds. The molecular formula is C24H28N4O2. The number of hydrogen-bond donors (Lipinski definition) is 1. The molecule has 0 spiro atoms. The van der Waals surface area contributed by atoms with Crippen LogP contribution in [0, 0.1) is 0 Å². The van der Waals surface area contributed by atoms with E-state index in [4.69, 9.17) is 4.74 Å². The summed E-state index contributed by atoms with van der Waals surface area (Å²) in [6, 6.07) is 18.1. The Morgan fingerprint density at radius 2 is 1.80 bits per heavy atom. The van der Waals surface area contributed by atoms with Crippen LogP contribution in [0.25, 0.3) is 5.69 Å². The van der Waals surface area contributed by atoms with Gasteiger partial charge in [-0.15, -0.1) is 0 Å². The lowest BCUT2D eigenvalue weighted by molar-refractivity contribution is 0.0917. The zero-order chi connectivity index (χ0) is 20.8. The number of nitrogens with zero attached hydrogens (tertiary/aromatic N) is 3. The van der Waals surface area contributed by atoms with Crippen molar-refractivity contribution in [1.29, 1.82) is 0 Å². The van der Waals surface area contributed by atoms with E-state index in [9.17, 15) is 4.79 Å². The molecule has 6 heteroatoms. The second-order valence-corrected chi connectivity index (χ2v) is 7.58. The van der Waals surface area contributed by atoms with E-state index in [0.717, 1.165) is 24.5 Å². The van der Waals surface area contributed by atoms with Crippen molar-refractivity contribution in [2.45, 2.75) is 25.3 Å². The largest absolute Gasteiger partial charge is 0.497 e. The van der Waals surface area contributed by atoms with Crippen LogP contribution in [0.5, 0.6) is 5.75 Å². The number of benzene rings is 2. The topological polar surface area (TPSA) is 59.4 Å². The van der Waals surface area contributed by atoms with Gasteiger partial charge in [0.25, 0.3) is 5.91 Å². The highest BCUT2D eigenvalue weighted by Crippen LogP contribution is 2.26. The van der Waals surface area contributed by atoms with Gasteiger partial charge in [0.2, 0.25) is 0 Å². The Morgan fingerprint density at radius 1 is 1.07 bits per heavy atom. The first-order valence-electron chi connectivity index (χ1n) is 10.5. The summed E-state index contributed by atoms with van der Waals surface area (Å²) in [5.74, 6) is 0.721. The van der Waals surface area contributed by atoms with Gasteiger partial charge in [0.1, 0.15) is 11.4 Å². The number of likely N-dealkylation sites (tertiary alicyclic amines) is 1. The van der Waals surface area contributed by atoms with Crippen molar-refractivity contribution in [3.05, 3.63) is 78.4 Å². The van der Waals surface area contributed by atoms with Crippen molar-refractivity contribution in [2.75, 3.05) is 26.7 Å². The molecule has 1 saturated heterocycles. The van der Waals surface area contributed by atoms with Gasteiger partial charge >= 0.3 is 0 Å². The predicted molar refractivity (Wildman–Crippen MR) is 117 cm³/mol. The average molecular weight is 405 g/mol. The third-order valence-corrected chi connectivity index (χ3v) is 5.69. The van der Waals surface area contributed by atoms with Gasteiger partial charge in [0.05, 0.1) is 25.7 Å². The molecule has 1 aliphatic heterocycles. The van der Waals surface area contributed by atoms with Crippen LogP contribution in [0.4, 0.5) is 0 Å². The van der Waals surface area contributed by atoms with Crippen molar-refractivity contribution in [1.82, 2.24) is 19.8 Å². The van der Waals surface area contributed by atoms with Gasteiger partial charge in [-0.25, -0.2) is 4.98 Å². The minimum absolute atomic E-state index is 0.119. The molecule has 6 nitrogen and oxygen atoms in total. The molecule has 1 atom stereocenters. The fourth-order valence-corrected chi connectivity index (χ4v) is 4.05. The molecule has 1 N–H and O–H groups in total. The first-order chi connectivity index (χ1) is 14.8. The number of hydrogen-bond acceptors (Lipinski definition) is 4. The average Bonchev–Trinajstić information content (AvgIpc) is 3.31. The summed E-state index contributed by atoms with van der Waals surface area (Å²) < 4.78 is 7.12. The molecule has 0 unspecified atom stereocenters. The highest BCUT2D eigenvalue weighted by Gasteiger charge is 2.24. The van der Waals surface area contributed by atoms with E-state index in [1.54, 1.807) is 19.6 Å². The third kappa shape index (κ3) is 4.54. The van der Waals surface area contributed by atoms with Gasteiger partial charge in [-0.05, 0) is 55.8 Å². The van der Waals surface area contributed by atoms with E-state index in [1.807, 2.05) is 47.0 Å². The molecule has 30 heavy (non-hydrogen) atoms. The van der Waals surface area contributed by atoms with E-state index in [-0.39, 0.29) is 11.9 Å². The maximum absolute atomic E-state index is 13.0. The summed E-state index contributed by atoms with van der Waals surface area (Å²) in [7, 11) is 1.67. The SMILES string of the molecule is COc1ccc([C@H](CNC(=O)c2cncn2-c2ccccc2)N2CCCCC2)cc1. The quantitative estimate of drug-likeness (QED) is 0.650. The Kier molecular flexibility index (Phi) is 6.44. The van der Waals surface area contributed by atoms with Gasteiger partial charge < -0.3 is 10.1 Å². The first kappa shape index (κ1) is 20.2. The first-order valence-corrected chi connectivity index (χ1v) is 10.5. The van der Waals surface area contributed by atoms with Crippen LogP contribution < -0.4 is 10.1 Å². The van der Waals surface area contributed by atoms with Crippen LogP contribution in [0.15, 0.2) is 67.1 Å². The fourth-order valence-electron chi connectivity index (χ4n) is 4.05. The molecular weight excluding hydrogens is 376 g/mol. The fraction of sp³-hybridized carbons (Fsp3) is 0.333. The molecule has 4 rings (SSSR count). The van der Waals surface area contributed by atoms with Gasteiger partial charge in [-0.1, -0.05) is 36.8 Å². The maximum Gasteiger partial charge on any atom is 0.269 e. The van der Waals surface area contributed by atoms with E-state index in [1.165, 1.54) is 24.8 Å². The van der Waals surface area contributed by atoms with Crippen LogP contribution in [0.1, 0.15) is 41.4 Å². The number of rotatable bonds is 7. The lowest BCUT2D eigenvalue weighted by Crippen LogP contribution is -2.41. The van der Waals surface area contributed by atoms with Crippen LogP contribution >= 0.6 is 0 Å². The summed E-state index contributed by atoms with van der Waals surface area (Å²) in [5.41, 5.74) is 2.64. The van der Waals surface area contributed by atoms with Crippen molar-refractivity contribution in [2.24, 2.45) is 0 Å². The van der Waals surface area contributed by atoms with Crippen molar-refractivity contribution in [3.8, 4) is 11.4 Å². The number of piperidine rings is 1. The minimum Gasteiger partial charge on any atom is -0.497 e. The molecule has 156 valence electrons. The highest BCUT2D eigenvalue weighted by atomic mass is 16.5.